The number of carboxylic acid groups (broad SMARTS) is 1. The van der Waals surface area contributed by atoms with Crippen molar-refractivity contribution >= 4 is 11.8 Å². The van der Waals surface area contributed by atoms with Crippen LogP contribution in [0.1, 0.15) is 17.7 Å². The predicted octanol–water partition coefficient (Wildman–Crippen LogP) is 0.456. The van der Waals surface area contributed by atoms with E-state index in [1.807, 2.05) is 6.07 Å². The minimum absolute atomic E-state index is 0.194. The molecule has 102 valence electrons. The molecule has 1 aromatic heterocycles. The molecule has 0 amide bonds. The van der Waals surface area contributed by atoms with Crippen molar-refractivity contribution in [1.82, 2.24) is 10.3 Å². The third-order valence-electron chi connectivity index (χ3n) is 2.98. The van der Waals surface area contributed by atoms with Gasteiger partial charge in [-0.3, -0.25) is 0 Å². The van der Waals surface area contributed by atoms with Gasteiger partial charge in [-0.05, 0) is 24.5 Å². The van der Waals surface area contributed by atoms with E-state index in [1.165, 1.54) is 11.8 Å². The maximum Gasteiger partial charge on any atom is 0.353 e. The predicted molar refractivity (Wildman–Crippen MR) is 72.7 cm³/mol. The van der Waals surface area contributed by atoms with Crippen LogP contribution in [-0.4, -0.2) is 29.1 Å². The average Bonchev–Trinajstić information content (AvgIpc) is 2.43. The molecule has 0 atom stereocenters. The number of hydrogen-bond acceptors (Lipinski definition) is 5. The lowest BCUT2D eigenvalue weighted by molar-refractivity contribution is -0.132. The molecule has 0 aromatic carbocycles. The number of aryl methyl sites for hydroxylation is 1. The van der Waals surface area contributed by atoms with Crippen LogP contribution >= 0.6 is 0 Å². The van der Waals surface area contributed by atoms with Gasteiger partial charge in [0.25, 0.3) is 0 Å². The molecule has 6 nitrogen and oxygen atoms in total. The second kappa shape index (κ2) is 6.08. The van der Waals surface area contributed by atoms with Gasteiger partial charge in [0, 0.05) is 31.4 Å². The van der Waals surface area contributed by atoms with Crippen LogP contribution < -0.4 is 16.4 Å². The first-order chi connectivity index (χ1) is 9.16. The smallest absolute Gasteiger partial charge is 0.353 e. The fourth-order valence-electron chi connectivity index (χ4n) is 1.95. The Morgan fingerprint density at radius 2 is 2.42 bits per heavy atom. The number of carbonyl (C=O) groups is 1. The van der Waals surface area contributed by atoms with Gasteiger partial charge in [0.1, 0.15) is 11.5 Å². The monoisotopic (exact) mass is 262 g/mol. The third kappa shape index (κ3) is 3.61. The van der Waals surface area contributed by atoms with Crippen molar-refractivity contribution in [2.75, 3.05) is 18.4 Å². The Morgan fingerprint density at radius 1 is 1.58 bits per heavy atom. The van der Waals surface area contributed by atoms with Crippen LogP contribution in [0.15, 0.2) is 24.0 Å². The molecule has 0 saturated carbocycles. The van der Waals surface area contributed by atoms with Gasteiger partial charge in [-0.2, -0.15) is 0 Å². The van der Waals surface area contributed by atoms with E-state index in [4.69, 9.17) is 10.8 Å². The summed E-state index contributed by atoms with van der Waals surface area (Å²) in [6, 6.07) is 4.11. The van der Waals surface area contributed by atoms with Crippen LogP contribution in [0.2, 0.25) is 0 Å². The number of aliphatic carboxylic acids is 1. The van der Waals surface area contributed by atoms with E-state index in [-0.39, 0.29) is 5.70 Å². The van der Waals surface area contributed by atoms with Crippen LogP contribution in [0.5, 0.6) is 0 Å². The number of carboxylic acids is 1. The summed E-state index contributed by atoms with van der Waals surface area (Å²) in [6.07, 6.45) is 4.25. The Balaban J connectivity index is 1.86. The standard InChI is InChI=1S/C13H18N4O2/c14-11(13(18)19)8-15-7-5-10-4-3-9-2-1-6-16-12(9)17-10/h3-4,8,15H,1-2,5-7,14H2,(H,16,17)(H,18,19)/b11-8-. The molecule has 0 spiro atoms. The number of nitrogens with zero attached hydrogens (tertiary/aromatic N) is 1. The first-order valence-corrected chi connectivity index (χ1v) is 6.32. The fraction of sp³-hybridized carbons (Fsp3) is 0.385. The molecule has 19 heavy (non-hydrogen) atoms. The molecule has 1 aliphatic heterocycles. The van der Waals surface area contributed by atoms with Gasteiger partial charge in [-0.15, -0.1) is 0 Å². The summed E-state index contributed by atoms with van der Waals surface area (Å²) >= 11 is 0. The summed E-state index contributed by atoms with van der Waals surface area (Å²) in [4.78, 5) is 15.0. The molecule has 0 saturated heterocycles. The largest absolute Gasteiger partial charge is 0.477 e. The normalized spacial score (nSPS) is 14.4. The molecule has 0 radical (unpaired) electrons. The first kappa shape index (κ1) is 13.2. The molecule has 5 N–H and O–H groups in total. The topological polar surface area (TPSA) is 100 Å². The highest BCUT2D eigenvalue weighted by molar-refractivity contribution is 5.85. The highest BCUT2D eigenvalue weighted by atomic mass is 16.4. The van der Waals surface area contributed by atoms with Crippen LogP contribution in [0.25, 0.3) is 0 Å². The summed E-state index contributed by atoms with van der Waals surface area (Å²) in [7, 11) is 0. The molecular formula is C13H18N4O2. The third-order valence-corrected chi connectivity index (χ3v) is 2.98. The Morgan fingerprint density at radius 3 is 3.21 bits per heavy atom. The average molecular weight is 262 g/mol. The molecule has 2 rings (SSSR count). The van der Waals surface area contributed by atoms with Gasteiger partial charge in [0.05, 0.1) is 0 Å². The van der Waals surface area contributed by atoms with E-state index in [0.29, 0.717) is 6.54 Å². The summed E-state index contributed by atoms with van der Waals surface area (Å²) in [5.41, 5.74) is 7.30. The molecule has 6 heteroatoms. The number of aromatic nitrogens is 1. The zero-order valence-electron chi connectivity index (χ0n) is 10.6. The molecule has 2 heterocycles. The Hall–Kier alpha value is -2.24. The lowest BCUT2D eigenvalue weighted by atomic mass is 10.1. The van der Waals surface area contributed by atoms with Crippen molar-refractivity contribution < 1.29 is 9.90 Å². The van der Waals surface area contributed by atoms with Crippen LogP contribution in [0.3, 0.4) is 0 Å². The molecule has 0 unspecified atom stereocenters. The van der Waals surface area contributed by atoms with Gasteiger partial charge in [-0.25, -0.2) is 9.78 Å². The number of anilines is 1. The van der Waals surface area contributed by atoms with Crippen molar-refractivity contribution in [3.63, 3.8) is 0 Å². The fourth-order valence-corrected chi connectivity index (χ4v) is 1.95. The molecule has 0 bridgehead atoms. The second-order valence-electron chi connectivity index (χ2n) is 4.45. The van der Waals surface area contributed by atoms with Gasteiger partial charge in [0.2, 0.25) is 0 Å². The van der Waals surface area contributed by atoms with Crippen LogP contribution in [0, 0.1) is 0 Å². The Bertz CT molecular complexity index is 499. The van der Waals surface area contributed by atoms with Gasteiger partial charge >= 0.3 is 5.97 Å². The summed E-state index contributed by atoms with van der Waals surface area (Å²) in [5.74, 6) is -0.145. The van der Waals surface area contributed by atoms with E-state index < -0.39 is 5.97 Å². The molecule has 0 fully saturated rings. The number of fused-ring (bicyclic) bond motifs is 1. The zero-order valence-corrected chi connectivity index (χ0v) is 10.6. The summed E-state index contributed by atoms with van der Waals surface area (Å²) in [6.45, 7) is 1.57. The Kier molecular flexibility index (Phi) is 4.22. The lowest BCUT2D eigenvalue weighted by Gasteiger charge is -2.17. The maximum atomic E-state index is 10.5. The van der Waals surface area contributed by atoms with Gasteiger partial charge in [0.15, 0.2) is 0 Å². The Labute approximate surface area is 111 Å². The molecular weight excluding hydrogens is 244 g/mol. The van der Waals surface area contributed by atoms with E-state index in [2.05, 4.69) is 21.7 Å². The maximum absolute atomic E-state index is 10.5. The number of nitrogens with one attached hydrogen (secondary N) is 2. The number of rotatable bonds is 5. The van der Waals surface area contributed by atoms with Crippen molar-refractivity contribution in [3.05, 3.63) is 35.3 Å². The van der Waals surface area contributed by atoms with Gasteiger partial charge < -0.3 is 21.5 Å². The van der Waals surface area contributed by atoms with Crippen LogP contribution in [0.4, 0.5) is 5.82 Å². The number of nitrogens with two attached hydrogens (primary N) is 1. The second-order valence-corrected chi connectivity index (χ2v) is 4.45. The molecule has 1 aliphatic rings. The van der Waals surface area contributed by atoms with E-state index in [9.17, 15) is 4.79 Å². The summed E-state index contributed by atoms with van der Waals surface area (Å²) < 4.78 is 0. The van der Waals surface area contributed by atoms with E-state index in [0.717, 1.165) is 37.3 Å². The van der Waals surface area contributed by atoms with Crippen molar-refractivity contribution in [2.24, 2.45) is 5.73 Å². The minimum Gasteiger partial charge on any atom is -0.477 e. The first-order valence-electron chi connectivity index (χ1n) is 6.32. The molecule has 0 aliphatic carbocycles. The van der Waals surface area contributed by atoms with Gasteiger partial charge in [-0.1, -0.05) is 6.07 Å². The SMILES string of the molecule is N/C(=C\NCCc1ccc2c(n1)NCCC2)C(=O)O. The highest BCUT2D eigenvalue weighted by Crippen LogP contribution is 2.19. The number of hydrogen-bond donors (Lipinski definition) is 4. The van der Waals surface area contributed by atoms with Crippen LogP contribution in [-0.2, 0) is 17.6 Å². The van der Waals surface area contributed by atoms with Crippen molar-refractivity contribution in [1.29, 1.82) is 0 Å². The van der Waals surface area contributed by atoms with E-state index in [1.54, 1.807) is 0 Å². The highest BCUT2D eigenvalue weighted by Gasteiger charge is 2.09. The van der Waals surface area contributed by atoms with Crippen molar-refractivity contribution in [2.45, 2.75) is 19.3 Å². The quantitative estimate of drug-likeness (QED) is 0.454. The van der Waals surface area contributed by atoms with Crippen molar-refractivity contribution in [3.8, 4) is 0 Å². The zero-order chi connectivity index (χ0) is 13.7. The number of pyridine rings is 1. The lowest BCUT2D eigenvalue weighted by Crippen LogP contribution is -2.18. The molecule has 1 aromatic rings. The van der Waals surface area contributed by atoms with E-state index >= 15 is 0 Å². The summed E-state index contributed by atoms with van der Waals surface area (Å²) in [5, 5.41) is 14.7. The minimum atomic E-state index is -1.12.